The van der Waals surface area contributed by atoms with Crippen LogP contribution in [0.3, 0.4) is 0 Å². The maximum atomic E-state index is 5.51. The Bertz CT molecular complexity index is 430. The number of hydrogen-bond acceptors (Lipinski definition) is 6. The van der Waals surface area contributed by atoms with E-state index in [-0.39, 0.29) is 6.04 Å². The number of hydrogen-bond donors (Lipinski definition) is 2. The molecule has 0 aliphatic carbocycles. The van der Waals surface area contributed by atoms with Crippen LogP contribution in [0, 0.1) is 0 Å². The van der Waals surface area contributed by atoms with E-state index in [0.29, 0.717) is 6.42 Å². The molecule has 2 heterocycles. The molecule has 0 fully saturated rings. The molecule has 0 aromatic carbocycles. The first-order valence-electron chi connectivity index (χ1n) is 4.63. The number of nitrogens with two attached hydrogens (primary N) is 1. The van der Waals surface area contributed by atoms with Gasteiger partial charge in [-0.1, -0.05) is 4.49 Å². The summed E-state index contributed by atoms with van der Waals surface area (Å²) in [5.41, 5.74) is 3.72. The molecule has 5 nitrogen and oxygen atoms in total. The fourth-order valence-electron chi connectivity index (χ4n) is 1.31. The second-order valence-corrected chi connectivity index (χ2v) is 4.94. The molecule has 3 N–H and O–H groups in total. The lowest BCUT2D eigenvalue weighted by molar-refractivity contribution is 0.553. The summed E-state index contributed by atoms with van der Waals surface area (Å²) in [5.74, 6) is 5.51. The molecule has 2 rings (SSSR count). The van der Waals surface area contributed by atoms with Gasteiger partial charge in [0.05, 0.1) is 17.1 Å². The smallest absolute Gasteiger partial charge is 0.0670 e. The van der Waals surface area contributed by atoms with Crippen LogP contribution < -0.4 is 11.3 Å². The van der Waals surface area contributed by atoms with Crippen LogP contribution in [-0.4, -0.2) is 14.6 Å². The minimum Gasteiger partial charge on any atom is -0.271 e. The lowest BCUT2D eigenvalue weighted by atomic mass is 10.1. The van der Waals surface area contributed by atoms with Crippen LogP contribution in [-0.2, 0) is 6.42 Å². The third kappa shape index (κ3) is 2.82. The maximum absolute atomic E-state index is 5.51. The van der Waals surface area contributed by atoms with E-state index in [1.54, 1.807) is 12.4 Å². The third-order valence-corrected chi connectivity index (χ3v) is 3.37. The molecule has 16 heavy (non-hydrogen) atoms. The summed E-state index contributed by atoms with van der Waals surface area (Å²) in [5, 5.41) is 3.79. The number of rotatable bonds is 4. The van der Waals surface area contributed by atoms with E-state index in [1.807, 2.05) is 12.1 Å². The molecule has 84 valence electrons. The standard InChI is InChI=1S/C9H10BrN5S/c10-6-1-2-7(12-4-6)3-8(14-11)9-5-13-15-16-9/h1-2,4-5,8,14H,3,11H2. The van der Waals surface area contributed by atoms with Crippen molar-refractivity contribution in [3.05, 3.63) is 39.6 Å². The summed E-state index contributed by atoms with van der Waals surface area (Å²) in [6.45, 7) is 0. The molecule has 0 bridgehead atoms. The van der Waals surface area contributed by atoms with Gasteiger partial charge in [-0.25, -0.2) is 0 Å². The van der Waals surface area contributed by atoms with Gasteiger partial charge in [-0.05, 0) is 39.6 Å². The first kappa shape index (κ1) is 11.6. The SMILES string of the molecule is NNC(Cc1ccc(Br)cn1)c1cnns1. The van der Waals surface area contributed by atoms with Crippen LogP contribution in [0.2, 0.25) is 0 Å². The minimum absolute atomic E-state index is 0.00803. The molecule has 0 amide bonds. The molecule has 1 unspecified atom stereocenters. The van der Waals surface area contributed by atoms with Crippen molar-refractivity contribution in [3.63, 3.8) is 0 Å². The molecule has 2 aromatic rings. The highest BCUT2D eigenvalue weighted by molar-refractivity contribution is 9.10. The predicted octanol–water partition coefficient (Wildman–Crippen LogP) is 1.44. The zero-order valence-electron chi connectivity index (χ0n) is 8.30. The lowest BCUT2D eigenvalue weighted by Crippen LogP contribution is -2.29. The van der Waals surface area contributed by atoms with E-state index < -0.39 is 0 Å². The van der Waals surface area contributed by atoms with Gasteiger partial charge in [0, 0.05) is 22.8 Å². The topological polar surface area (TPSA) is 76.7 Å². The minimum atomic E-state index is 0.00803. The van der Waals surface area contributed by atoms with Gasteiger partial charge in [0.2, 0.25) is 0 Å². The summed E-state index contributed by atoms with van der Waals surface area (Å²) in [6, 6.07) is 3.93. The van der Waals surface area contributed by atoms with Crippen molar-refractivity contribution in [1.29, 1.82) is 0 Å². The van der Waals surface area contributed by atoms with Crippen LogP contribution in [0.5, 0.6) is 0 Å². The van der Waals surface area contributed by atoms with Gasteiger partial charge < -0.3 is 0 Å². The number of nitrogens with zero attached hydrogens (tertiary/aromatic N) is 3. The van der Waals surface area contributed by atoms with Crippen LogP contribution in [0.15, 0.2) is 29.0 Å². The number of aromatic nitrogens is 3. The number of nitrogens with one attached hydrogen (secondary N) is 1. The highest BCUT2D eigenvalue weighted by Crippen LogP contribution is 2.19. The summed E-state index contributed by atoms with van der Waals surface area (Å²) >= 11 is 4.68. The second-order valence-electron chi connectivity index (χ2n) is 3.21. The van der Waals surface area contributed by atoms with E-state index in [4.69, 9.17) is 5.84 Å². The fourth-order valence-corrected chi connectivity index (χ4v) is 2.10. The highest BCUT2D eigenvalue weighted by Gasteiger charge is 2.13. The Morgan fingerprint density at radius 1 is 1.44 bits per heavy atom. The molecule has 0 aliphatic rings. The van der Waals surface area contributed by atoms with Crippen LogP contribution in [0.1, 0.15) is 16.6 Å². The van der Waals surface area contributed by atoms with E-state index >= 15 is 0 Å². The number of halogens is 1. The largest absolute Gasteiger partial charge is 0.271 e. The van der Waals surface area contributed by atoms with Gasteiger partial charge in [0.25, 0.3) is 0 Å². The van der Waals surface area contributed by atoms with Crippen molar-refractivity contribution in [1.82, 2.24) is 20.0 Å². The van der Waals surface area contributed by atoms with Gasteiger partial charge in [-0.2, -0.15) is 0 Å². The molecule has 0 saturated heterocycles. The molecule has 0 aliphatic heterocycles. The first-order valence-corrected chi connectivity index (χ1v) is 6.20. The lowest BCUT2D eigenvalue weighted by Gasteiger charge is -2.12. The maximum Gasteiger partial charge on any atom is 0.0670 e. The Morgan fingerprint density at radius 2 is 2.31 bits per heavy atom. The molecular formula is C9H10BrN5S. The highest BCUT2D eigenvalue weighted by atomic mass is 79.9. The van der Waals surface area contributed by atoms with Crippen molar-refractivity contribution in [2.24, 2.45) is 5.84 Å². The van der Waals surface area contributed by atoms with Crippen LogP contribution >= 0.6 is 27.5 Å². The second kappa shape index (κ2) is 5.44. The van der Waals surface area contributed by atoms with E-state index in [2.05, 4.69) is 35.9 Å². The third-order valence-electron chi connectivity index (χ3n) is 2.12. The molecule has 0 saturated carbocycles. The quantitative estimate of drug-likeness (QED) is 0.660. The molecule has 1 atom stereocenters. The van der Waals surface area contributed by atoms with Crippen molar-refractivity contribution in [2.45, 2.75) is 12.5 Å². The van der Waals surface area contributed by atoms with Crippen molar-refractivity contribution in [3.8, 4) is 0 Å². The molecular weight excluding hydrogens is 290 g/mol. The Balaban J connectivity index is 2.10. The monoisotopic (exact) mass is 299 g/mol. The van der Waals surface area contributed by atoms with Gasteiger partial charge >= 0.3 is 0 Å². The zero-order chi connectivity index (χ0) is 11.4. The fraction of sp³-hybridized carbons (Fsp3) is 0.222. The van der Waals surface area contributed by atoms with Gasteiger partial charge in [-0.3, -0.25) is 16.3 Å². The average molecular weight is 300 g/mol. The molecule has 2 aromatic heterocycles. The Kier molecular flexibility index (Phi) is 3.94. The van der Waals surface area contributed by atoms with Crippen molar-refractivity contribution >= 4 is 27.5 Å². The van der Waals surface area contributed by atoms with Crippen LogP contribution in [0.25, 0.3) is 0 Å². The van der Waals surface area contributed by atoms with Crippen molar-refractivity contribution < 1.29 is 0 Å². The predicted molar refractivity (Wildman–Crippen MR) is 65.6 cm³/mol. The summed E-state index contributed by atoms with van der Waals surface area (Å²) in [7, 11) is 0. The summed E-state index contributed by atoms with van der Waals surface area (Å²) < 4.78 is 4.78. The Labute approximate surface area is 105 Å². The number of pyridine rings is 1. The van der Waals surface area contributed by atoms with Crippen molar-refractivity contribution in [2.75, 3.05) is 0 Å². The van der Waals surface area contributed by atoms with E-state index in [9.17, 15) is 0 Å². The van der Waals surface area contributed by atoms with E-state index in [0.717, 1.165) is 15.0 Å². The molecule has 7 heteroatoms. The Morgan fingerprint density at radius 3 is 2.88 bits per heavy atom. The van der Waals surface area contributed by atoms with E-state index in [1.165, 1.54) is 11.5 Å². The van der Waals surface area contributed by atoms with Gasteiger partial charge in [-0.15, -0.1) is 5.10 Å². The Hall–Kier alpha value is -0.890. The normalized spacial score (nSPS) is 12.6. The molecule has 0 radical (unpaired) electrons. The van der Waals surface area contributed by atoms with Gasteiger partial charge in [0.15, 0.2) is 0 Å². The molecule has 0 spiro atoms. The average Bonchev–Trinajstić information content (AvgIpc) is 2.82. The first-order chi connectivity index (χ1) is 7.79. The van der Waals surface area contributed by atoms with Gasteiger partial charge in [0.1, 0.15) is 0 Å². The zero-order valence-corrected chi connectivity index (χ0v) is 10.7. The number of hydrazine groups is 1. The van der Waals surface area contributed by atoms with Crippen LogP contribution in [0.4, 0.5) is 0 Å². The summed E-state index contributed by atoms with van der Waals surface area (Å²) in [4.78, 5) is 5.30. The summed E-state index contributed by atoms with van der Waals surface area (Å²) in [6.07, 6.45) is 4.20.